The molecule has 0 spiro atoms. The molecule has 1 nitrogen and oxygen atoms in total. The van der Waals surface area contributed by atoms with Crippen LogP contribution in [0.1, 0.15) is 71.6 Å². The lowest BCUT2D eigenvalue weighted by Gasteiger charge is -2.59. The van der Waals surface area contributed by atoms with Crippen molar-refractivity contribution in [2.45, 2.75) is 71.6 Å². The summed E-state index contributed by atoms with van der Waals surface area (Å²) in [7, 11) is 0. The molecule has 0 aromatic rings. The van der Waals surface area contributed by atoms with E-state index in [9.17, 15) is 4.79 Å². The second-order valence-electron chi connectivity index (χ2n) is 9.05. The van der Waals surface area contributed by atoms with Gasteiger partial charge in [0.2, 0.25) is 0 Å². The number of hydrogen-bond donors (Lipinski definition) is 0. The van der Waals surface area contributed by atoms with Crippen LogP contribution in [0, 0.1) is 34.5 Å². The summed E-state index contributed by atoms with van der Waals surface area (Å²) in [4.78, 5) is 11.3. The second kappa shape index (κ2) is 4.70. The first-order chi connectivity index (χ1) is 10.1. The molecule has 0 bridgehead atoms. The minimum absolute atomic E-state index is 0.415. The van der Waals surface area contributed by atoms with Crippen LogP contribution < -0.4 is 0 Å². The summed E-state index contributed by atoms with van der Waals surface area (Å²) in [6.45, 7) is 5.11. The van der Waals surface area contributed by atoms with E-state index in [1.807, 2.05) is 0 Å². The van der Waals surface area contributed by atoms with Crippen LogP contribution in [0.3, 0.4) is 0 Å². The summed E-state index contributed by atoms with van der Waals surface area (Å²) in [6.07, 6.45) is 15.8. The Labute approximate surface area is 129 Å². The summed E-state index contributed by atoms with van der Waals surface area (Å²) < 4.78 is 0. The van der Waals surface area contributed by atoms with Gasteiger partial charge in [-0.05, 0) is 91.4 Å². The predicted molar refractivity (Wildman–Crippen MR) is 85.9 cm³/mol. The van der Waals surface area contributed by atoms with Crippen LogP contribution in [-0.2, 0) is 4.79 Å². The molecule has 4 aliphatic rings. The maximum Gasteiger partial charge on any atom is 0.145 e. The molecule has 6 atom stereocenters. The van der Waals surface area contributed by atoms with Gasteiger partial charge in [-0.1, -0.05) is 26.3 Å². The van der Waals surface area contributed by atoms with E-state index in [1.54, 1.807) is 0 Å². The lowest BCUT2D eigenvalue weighted by molar-refractivity contribution is -0.108. The van der Waals surface area contributed by atoms with Gasteiger partial charge < -0.3 is 0 Å². The number of rotatable bonds is 1. The minimum atomic E-state index is 0.415. The quantitative estimate of drug-likeness (QED) is 0.609. The molecule has 3 fully saturated rings. The Morgan fingerprint density at radius 3 is 2.76 bits per heavy atom. The van der Waals surface area contributed by atoms with E-state index in [2.05, 4.69) is 19.9 Å². The highest BCUT2D eigenvalue weighted by atomic mass is 16.1. The van der Waals surface area contributed by atoms with Crippen LogP contribution in [0.2, 0.25) is 0 Å². The Hall–Kier alpha value is -0.590. The fraction of sp³-hybridized carbons (Fsp3) is 0.850. The number of fused-ring (bicyclic) bond motifs is 5. The number of carbonyl (C=O) groups is 1. The Kier molecular flexibility index (Phi) is 3.14. The third-order valence-corrected chi connectivity index (χ3v) is 8.25. The zero-order valence-corrected chi connectivity index (χ0v) is 13.7. The van der Waals surface area contributed by atoms with E-state index in [0.717, 1.165) is 48.4 Å². The minimum Gasteiger partial charge on any atom is -0.298 e. The number of carbonyl (C=O) groups excluding carboxylic acids is 1. The van der Waals surface area contributed by atoms with Crippen LogP contribution in [0.5, 0.6) is 0 Å². The van der Waals surface area contributed by atoms with Crippen LogP contribution in [0.15, 0.2) is 11.6 Å². The molecular formula is C20H30O. The zero-order chi connectivity index (χ0) is 14.7. The Morgan fingerprint density at radius 2 is 1.95 bits per heavy atom. The van der Waals surface area contributed by atoms with Crippen molar-refractivity contribution in [2.75, 3.05) is 0 Å². The molecule has 1 heteroatoms. The molecule has 0 saturated heterocycles. The van der Waals surface area contributed by atoms with E-state index in [0.29, 0.717) is 10.8 Å². The van der Waals surface area contributed by atoms with E-state index in [1.165, 1.54) is 44.9 Å². The van der Waals surface area contributed by atoms with Gasteiger partial charge in [-0.25, -0.2) is 0 Å². The Balaban J connectivity index is 1.66. The SMILES string of the molecule is C[C@@]12CCC[C@H]1[C@@H]1CCC3CC=C(C=O)C[C@]3(C)[C@H]1CC2. The van der Waals surface area contributed by atoms with Crippen LogP contribution >= 0.6 is 0 Å². The van der Waals surface area contributed by atoms with Gasteiger partial charge in [0.1, 0.15) is 6.29 Å². The van der Waals surface area contributed by atoms with E-state index >= 15 is 0 Å². The molecule has 21 heavy (non-hydrogen) atoms. The molecule has 3 saturated carbocycles. The van der Waals surface area contributed by atoms with Crippen molar-refractivity contribution < 1.29 is 4.79 Å². The van der Waals surface area contributed by atoms with Gasteiger partial charge in [0.05, 0.1) is 0 Å². The highest BCUT2D eigenvalue weighted by Crippen LogP contribution is 2.65. The summed E-state index contributed by atoms with van der Waals surface area (Å²) in [5.41, 5.74) is 2.16. The fourth-order valence-corrected chi connectivity index (χ4v) is 7.09. The van der Waals surface area contributed by atoms with Crippen LogP contribution in [0.25, 0.3) is 0 Å². The molecular weight excluding hydrogens is 256 g/mol. The lowest BCUT2D eigenvalue weighted by Crippen LogP contribution is -2.51. The fourth-order valence-electron chi connectivity index (χ4n) is 7.09. The topological polar surface area (TPSA) is 17.1 Å². The van der Waals surface area contributed by atoms with Crippen molar-refractivity contribution in [3.63, 3.8) is 0 Å². The van der Waals surface area contributed by atoms with Crippen molar-refractivity contribution in [2.24, 2.45) is 34.5 Å². The molecule has 0 aromatic heterocycles. The number of aldehydes is 1. The van der Waals surface area contributed by atoms with Gasteiger partial charge in [0.15, 0.2) is 0 Å². The summed E-state index contributed by atoms with van der Waals surface area (Å²) in [6, 6.07) is 0. The maximum absolute atomic E-state index is 11.3. The summed E-state index contributed by atoms with van der Waals surface area (Å²) in [5, 5.41) is 0. The average Bonchev–Trinajstić information content (AvgIpc) is 2.87. The van der Waals surface area contributed by atoms with Crippen molar-refractivity contribution in [1.29, 1.82) is 0 Å². The van der Waals surface area contributed by atoms with E-state index in [4.69, 9.17) is 0 Å². The standard InChI is InChI=1S/C20H30O/c1-19-10-3-4-17(19)16-8-7-15-6-5-14(13-21)12-20(15,2)18(16)9-11-19/h5,13,15-18H,3-4,6-12H2,1-2H3/t15?,16-,17-,18-,19-,20-/m0/s1. The molecule has 0 amide bonds. The normalized spacial score (nSPS) is 52.4. The molecule has 4 rings (SSSR count). The number of allylic oxidation sites excluding steroid dienone is 2. The first-order valence-corrected chi connectivity index (χ1v) is 9.21. The molecule has 0 heterocycles. The van der Waals surface area contributed by atoms with E-state index < -0.39 is 0 Å². The van der Waals surface area contributed by atoms with Gasteiger partial charge in [-0.3, -0.25) is 4.79 Å². The third kappa shape index (κ3) is 1.92. The van der Waals surface area contributed by atoms with Crippen molar-refractivity contribution in [3.05, 3.63) is 11.6 Å². The Morgan fingerprint density at radius 1 is 1.10 bits per heavy atom. The van der Waals surface area contributed by atoms with Crippen LogP contribution in [-0.4, -0.2) is 6.29 Å². The molecule has 0 radical (unpaired) electrons. The van der Waals surface area contributed by atoms with E-state index in [-0.39, 0.29) is 0 Å². The summed E-state index contributed by atoms with van der Waals surface area (Å²) >= 11 is 0. The smallest absolute Gasteiger partial charge is 0.145 e. The summed E-state index contributed by atoms with van der Waals surface area (Å²) in [5.74, 6) is 3.67. The highest BCUT2D eigenvalue weighted by molar-refractivity contribution is 5.73. The first-order valence-electron chi connectivity index (χ1n) is 9.21. The second-order valence-corrected chi connectivity index (χ2v) is 9.05. The van der Waals surface area contributed by atoms with Gasteiger partial charge in [-0.15, -0.1) is 0 Å². The number of hydrogen-bond acceptors (Lipinski definition) is 1. The molecule has 0 aromatic carbocycles. The zero-order valence-electron chi connectivity index (χ0n) is 13.7. The van der Waals surface area contributed by atoms with Crippen molar-refractivity contribution >= 4 is 6.29 Å². The molecule has 4 aliphatic carbocycles. The molecule has 0 N–H and O–H groups in total. The largest absolute Gasteiger partial charge is 0.298 e. The van der Waals surface area contributed by atoms with Gasteiger partial charge in [-0.2, -0.15) is 0 Å². The van der Waals surface area contributed by atoms with Gasteiger partial charge >= 0.3 is 0 Å². The highest BCUT2D eigenvalue weighted by Gasteiger charge is 2.57. The van der Waals surface area contributed by atoms with Gasteiger partial charge in [0, 0.05) is 0 Å². The Bertz CT molecular complexity index is 478. The first kappa shape index (κ1) is 14.0. The monoisotopic (exact) mass is 286 g/mol. The molecule has 1 unspecified atom stereocenters. The molecule has 116 valence electrons. The van der Waals surface area contributed by atoms with Crippen molar-refractivity contribution in [1.82, 2.24) is 0 Å². The predicted octanol–water partition coefficient (Wildman–Crippen LogP) is 5.15. The maximum atomic E-state index is 11.3. The van der Waals surface area contributed by atoms with Crippen molar-refractivity contribution in [3.8, 4) is 0 Å². The third-order valence-electron chi connectivity index (χ3n) is 8.25. The lowest BCUT2D eigenvalue weighted by atomic mass is 9.45. The molecule has 0 aliphatic heterocycles. The van der Waals surface area contributed by atoms with Gasteiger partial charge in [0.25, 0.3) is 0 Å². The van der Waals surface area contributed by atoms with Crippen LogP contribution in [0.4, 0.5) is 0 Å². The average molecular weight is 286 g/mol.